The Kier molecular flexibility index (Phi) is 3.24. The van der Waals surface area contributed by atoms with Crippen molar-refractivity contribution in [1.29, 1.82) is 0 Å². The summed E-state index contributed by atoms with van der Waals surface area (Å²) in [7, 11) is 0. The van der Waals surface area contributed by atoms with Gasteiger partial charge in [0.1, 0.15) is 0 Å². The molecule has 3 nitrogen and oxygen atoms in total. The Hall–Kier alpha value is -0.930. The minimum Gasteiger partial charge on any atom is -0.389 e. The van der Waals surface area contributed by atoms with Crippen LogP contribution in [0, 0.1) is 5.41 Å². The van der Waals surface area contributed by atoms with Crippen molar-refractivity contribution < 1.29 is 14.6 Å². The lowest BCUT2D eigenvalue weighted by molar-refractivity contribution is -0.111. The van der Waals surface area contributed by atoms with E-state index in [9.17, 15) is 9.90 Å². The Morgan fingerprint density at radius 1 is 1.33 bits per heavy atom. The van der Waals surface area contributed by atoms with Crippen LogP contribution in [0.15, 0.2) is 23.8 Å². The molecule has 1 N–H and O–H groups in total. The average molecular weight is 250 g/mol. The van der Waals surface area contributed by atoms with Crippen LogP contribution in [0.1, 0.15) is 40.5 Å². The fourth-order valence-corrected chi connectivity index (χ4v) is 2.55. The first-order valence-electron chi connectivity index (χ1n) is 6.50. The zero-order chi connectivity index (χ0) is 13.6. The Labute approximate surface area is 109 Å². The third kappa shape index (κ3) is 2.90. The van der Waals surface area contributed by atoms with Crippen molar-refractivity contribution in [2.45, 2.75) is 58.3 Å². The van der Waals surface area contributed by atoms with Crippen LogP contribution in [0.2, 0.25) is 0 Å². The molecular formula is C15H22O3. The van der Waals surface area contributed by atoms with Gasteiger partial charge in [0.05, 0.1) is 17.8 Å². The smallest absolute Gasteiger partial charge is 0.181 e. The quantitative estimate of drug-likeness (QED) is 0.672. The average Bonchev–Trinajstić information content (AvgIpc) is 2.82. The van der Waals surface area contributed by atoms with Gasteiger partial charge in [-0.05, 0) is 43.4 Å². The lowest BCUT2D eigenvalue weighted by Gasteiger charge is -2.19. The third-order valence-corrected chi connectivity index (χ3v) is 3.88. The minimum absolute atomic E-state index is 0.0243. The number of aliphatic hydroxyl groups is 1. The number of fused-ring (bicyclic) bond motifs is 1. The van der Waals surface area contributed by atoms with Crippen LogP contribution in [0.4, 0.5) is 0 Å². The molecule has 0 saturated carbocycles. The molecule has 1 heterocycles. The van der Waals surface area contributed by atoms with E-state index in [1.807, 2.05) is 13.0 Å². The van der Waals surface area contributed by atoms with Gasteiger partial charge in [0.2, 0.25) is 0 Å². The second kappa shape index (κ2) is 4.32. The molecule has 1 aliphatic heterocycles. The predicted molar refractivity (Wildman–Crippen MR) is 70.2 cm³/mol. The molecule has 1 unspecified atom stereocenters. The second-order valence-corrected chi connectivity index (χ2v) is 6.43. The van der Waals surface area contributed by atoms with Gasteiger partial charge < -0.3 is 9.84 Å². The largest absolute Gasteiger partial charge is 0.389 e. The molecular weight excluding hydrogens is 228 g/mol. The van der Waals surface area contributed by atoms with Crippen LogP contribution < -0.4 is 0 Å². The van der Waals surface area contributed by atoms with Crippen molar-refractivity contribution in [3.05, 3.63) is 23.8 Å². The van der Waals surface area contributed by atoms with Gasteiger partial charge in [-0.2, -0.15) is 0 Å². The van der Waals surface area contributed by atoms with Gasteiger partial charge in [-0.25, -0.2) is 0 Å². The highest BCUT2D eigenvalue weighted by atomic mass is 16.6. The first kappa shape index (κ1) is 13.5. The molecule has 2 rings (SSSR count). The van der Waals surface area contributed by atoms with E-state index >= 15 is 0 Å². The summed E-state index contributed by atoms with van der Waals surface area (Å²) in [5, 5.41) is 9.97. The normalized spacial score (nSPS) is 44.3. The van der Waals surface area contributed by atoms with E-state index in [0.29, 0.717) is 12.0 Å². The van der Waals surface area contributed by atoms with Crippen molar-refractivity contribution in [2.24, 2.45) is 5.41 Å². The Morgan fingerprint density at radius 2 is 2.00 bits per heavy atom. The van der Waals surface area contributed by atoms with Gasteiger partial charge in [0.15, 0.2) is 5.78 Å². The van der Waals surface area contributed by atoms with Gasteiger partial charge in [-0.1, -0.05) is 19.9 Å². The summed E-state index contributed by atoms with van der Waals surface area (Å²) < 4.78 is 5.74. The van der Waals surface area contributed by atoms with E-state index in [4.69, 9.17) is 4.74 Å². The van der Waals surface area contributed by atoms with Crippen LogP contribution in [0.25, 0.3) is 0 Å². The van der Waals surface area contributed by atoms with Gasteiger partial charge in [-0.3, -0.25) is 4.79 Å². The predicted octanol–water partition coefficient (Wildman–Crippen LogP) is 2.40. The molecule has 2 aliphatic rings. The van der Waals surface area contributed by atoms with Gasteiger partial charge in [0, 0.05) is 6.42 Å². The number of carbonyl (C=O) groups excluding carboxylic acids is 1. The molecule has 0 bridgehead atoms. The van der Waals surface area contributed by atoms with Crippen molar-refractivity contribution in [2.75, 3.05) is 0 Å². The van der Waals surface area contributed by atoms with Gasteiger partial charge in [0.25, 0.3) is 0 Å². The van der Waals surface area contributed by atoms with E-state index in [-0.39, 0.29) is 22.9 Å². The van der Waals surface area contributed by atoms with E-state index in [1.165, 1.54) is 0 Å². The fraction of sp³-hybridized carbons (Fsp3) is 0.667. The van der Waals surface area contributed by atoms with Crippen LogP contribution in [0.5, 0.6) is 0 Å². The molecule has 0 spiro atoms. The molecule has 100 valence electrons. The second-order valence-electron chi connectivity index (χ2n) is 6.43. The first-order chi connectivity index (χ1) is 8.22. The summed E-state index contributed by atoms with van der Waals surface area (Å²) in [6, 6.07) is 0. The number of carbonyl (C=O) groups is 1. The van der Waals surface area contributed by atoms with Crippen LogP contribution in [-0.2, 0) is 9.53 Å². The number of allylic oxidation sites excluding steroid dienone is 3. The van der Waals surface area contributed by atoms with Crippen molar-refractivity contribution in [1.82, 2.24) is 0 Å². The standard InChI is InChI=1S/C15H22O3/c1-10-7-11(16)8-15(4)13(18-15)9-14(2,3)6-5-12(10)17/h5-7,11,13,16H,8-9H2,1-4H3/b6-5+,10-7+/t11?,13-,15+/m0/s1. The maximum absolute atomic E-state index is 11.9. The number of rotatable bonds is 0. The summed E-state index contributed by atoms with van der Waals surface area (Å²) >= 11 is 0. The number of ether oxygens (including phenoxy) is 1. The molecule has 3 heteroatoms. The summed E-state index contributed by atoms with van der Waals surface area (Å²) in [5.74, 6) is -0.0243. The van der Waals surface area contributed by atoms with E-state index < -0.39 is 6.10 Å². The number of hydrogen-bond acceptors (Lipinski definition) is 3. The summed E-state index contributed by atoms with van der Waals surface area (Å²) in [6.07, 6.45) is 6.19. The van der Waals surface area contributed by atoms with Crippen molar-refractivity contribution in [3.63, 3.8) is 0 Å². The Morgan fingerprint density at radius 3 is 2.67 bits per heavy atom. The fourth-order valence-electron chi connectivity index (χ4n) is 2.55. The van der Waals surface area contributed by atoms with Crippen molar-refractivity contribution in [3.8, 4) is 0 Å². The molecule has 0 amide bonds. The number of epoxide rings is 1. The molecule has 0 aromatic heterocycles. The zero-order valence-corrected chi connectivity index (χ0v) is 11.6. The highest BCUT2D eigenvalue weighted by molar-refractivity contribution is 6.03. The van der Waals surface area contributed by atoms with Crippen LogP contribution in [-0.4, -0.2) is 28.7 Å². The highest BCUT2D eigenvalue weighted by Crippen LogP contribution is 2.46. The van der Waals surface area contributed by atoms with E-state index in [0.717, 1.165) is 6.42 Å². The SMILES string of the molecule is C/C1=C\C(O)C[C@@]2(C)O[C@H]2CC(C)(C)/C=C/C1=O. The monoisotopic (exact) mass is 250 g/mol. The molecule has 1 saturated heterocycles. The zero-order valence-electron chi connectivity index (χ0n) is 11.6. The van der Waals surface area contributed by atoms with E-state index in [1.54, 1.807) is 19.1 Å². The van der Waals surface area contributed by atoms with Crippen LogP contribution in [0.3, 0.4) is 0 Å². The summed E-state index contributed by atoms with van der Waals surface area (Å²) in [6.45, 7) is 7.98. The Bertz CT molecular complexity index is 419. The molecule has 18 heavy (non-hydrogen) atoms. The molecule has 0 aromatic rings. The van der Waals surface area contributed by atoms with Gasteiger partial charge in [-0.15, -0.1) is 0 Å². The number of ketones is 1. The van der Waals surface area contributed by atoms with E-state index in [2.05, 4.69) is 13.8 Å². The lowest BCUT2D eigenvalue weighted by Crippen LogP contribution is -2.21. The number of aliphatic hydroxyl groups excluding tert-OH is 1. The minimum atomic E-state index is -0.612. The molecule has 0 aromatic carbocycles. The molecule has 3 atom stereocenters. The molecule has 0 radical (unpaired) electrons. The molecule has 1 fully saturated rings. The maximum atomic E-state index is 11.9. The lowest BCUT2D eigenvalue weighted by atomic mass is 9.83. The summed E-state index contributed by atoms with van der Waals surface area (Å²) in [5.41, 5.74) is 0.291. The Balaban J connectivity index is 2.27. The first-order valence-corrected chi connectivity index (χ1v) is 6.50. The highest BCUT2D eigenvalue weighted by Gasteiger charge is 2.54. The van der Waals surface area contributed by atoms with Crippen LogP contribution >= 0.6 is 0 Å². The maximum Gasteiger partial charge on any atom is 0.181 e. The van der Waals surface area contributed by atoms with Gasteiger partial charge >= 0.3 is 0 Å². The third-order valence-electron chi connectivity index (χ3n) is 3.88. The molecule has 1 aliphatic carbocycles. The topological polar surface area (TPSA) is 49.8 Å². The van der Waals surface area contributed by atoms with Crippen molar-refractivity contribution >= 4 is 5.78 Å². The summed E-state index contributed by atoms with van der Waals surface area (Å²) in [4.78, 5) is 11.9. The number of hydrogen-bond donors (Lipinski definition) is 1.